The molecule has 2 aliphatic rings. The molecule has 0 aliphatic carbocycles. The second kappa shape index (κ2) is 12.0. The first-order valence-electron chi connectivity index (χ1n) is 12.0. The molecule has 2 N–H and O–H groups in total. The number of amides is 4. The average Bonchev–Trinajstić information content (AvgIpc) is 2.90. The lowest BCUT2D eigenvalue weighted by atomic mass is 10.1. The third kappa shape index (κ3) is 6.61. The number of rotatable bonds is 7. The van der Waals surface area contributed by atoms with Crippen molar-refractivity contribution in [1.82, 2.24) is 10.2 Å². The highest BCUT2D eigenvalue weighted by Gasteiger charge is 2.30. The third-order valence-corrected chi connectivity index (χ3v) is 6.46. The van der Waals surface area contributed by atoms with E-state index < -0.39 is 17.9 Å². The standard InChI is InChI=1S/C26H29ClN4O5/c27-19-6-8-20(9-7-19)28-23(32)17-22(26(35)30-13-15-36-16-14-30)29-25(34)18-4-10-21(11-5-18)31-12-2-1-3-24(31)33/h4-11,22H,1-3,12-17H2,(H,28,32)(H,29,34). The molecule has 4 rings (SSSR count). The number of piperidine rings is 1. The Hall–Kier alpha value is -3.43. The van der Waals surface area contributed by atoms with Gasteiger partial charge in [-0.15, -0.1) is 0 Å². The first-order chi connectivity index (χ1) is 17.4. The van der Waals surface area contributed by atoms with Crippen LogP contribution in [0.1, 0.15) is 36.0 Å². The smallest absolute Gasteiger partial charge is 0.251 e. The van der Waals surface area contributed by atoms with E-state index in [1.807, 2.05) is 0 Å². The van der Waals surface area contributed by atoms with Crippen molar-refractivity contribution in [1.29, 1.82) is 0 Å². The first kappa shape index (κ1) is 25.7. The Morgan fingerprint density at radius 1 is 0.944 bits per heavy atom. The van der Waals surface area contributed by atoms with E-state index in [0.717, 1.165) is 18.5 Å². The van der Waals surface area contributed by atoms with Crippen molar-refractivity contribution < 1.29 is 23.9 Å². The van der Waals surface area contributed by atoms with Crippen LogP contribution in [0.4, 0.5) is 11.4 Å². The monoisotopic (exact) mass is 512 g/mol. The summed E-state index contributed by atoms with van der Waals surface area (Å²) in [4.78, 5) is 54.5. The molecule has 0 aromatic heterocycles. The first-order valence-corrected chi connectivity index (χ1v) is 12.4. The molecule has 4 amide bonds. The fourth-order valence-electron chi connectivity index (χ4n) is 4.25. The van der Waals surface area contributed by atoms with Crippen LogP contribution in [-0.4, -0.2) is 67.4 Å². The van der Waals surface area contributed by atoms with Crippen molar-refractivity contribution in [3.63, 3.8) is 0 Å². The molecular formula is C26H29ClN4O5. The molecule has 2 aliphatic heterocycles. The van der Waals surface area contributed by atoms with E-state index in [4.69, 9.17) is 16.3 Å². The average molecular weight is 513 g/mol. The summed E-state index contributed by atoms with van der Waals surface area (Å²) in [5, 5.41) is 6.01. The Bertz CT molecular complexity index is 1100. The minimum Gasteiger partial charge on any atom is -0.378 e. The molecule has 0 spiro atoms. The lowest BCUT2D eigenvalue weighted by molar-refractivity contribution is -0.138. The van der Waals surface area contributed by atoms with Crippen LogP contribution in [-0.2, 0) is 19.1 Å². The molecule has 0 bridgehead atoms. The Labute approximate surface area is 214 Å². The van der Waals surface area contributed by atoms with E-state index >= 15 is 0 Å². The molecule has 0 radical (unpaired) electrons. The summed E-state index contributed by atoms with van der Waals surface area (Å²) in [7, 11) is 0. The van der Waals surface area contributed by atoms with Crippen molar-refractivity contribution >= 4 is 46.6 Å². The van der Waals surface area contributed by atoms with Crippen LogP contribution < -0.4 is 15.5 Å². The summed E-state index contributed by atoms with van der Waals surface area (Å²) in [6.07, 6.45) is 2.12. The van der Waals surface area contributed by atoms with Crippen LogP contribution in [0.3, 0.4) is 0 Å². The highest BCUT2D eigenvalue weighted by Crippen LogP contribution is 2.21. The van der Waals surface area contributed by atoms with Gasteiger partial charge in [0.1, 0.15) is 6.04 Å². The van der Waals surface area contributed by atoms with Crippen LogP contribution in [0.25, 0.3) is 0 Å². The molecule has 2 fully saturated rings. The zero-order valence-electron chi connectivity index (χ0n) is 19.9. The normalized spacial score (nSPS) is 16.9. The fourth-order valence-corrected chi connectivity index (χ4v) is 4.37. The van der Waals surface area contributed by atoms with Gasteiger partial charge in [-0.25, -0.2) is 0 Å². The second-order valence-electron chi connectivity index (χ2n) is 8.77. The quantitative estimate of drug-likeness (QED) is 0.593. The van der Waals surface area contributed by atoms with Gasteiger partial charge in [-0.3, -0.25) is 19.2 Å². The Morgan fingerprint density at radius 2 is 1.64 bits per heavy atom. The van der Waals surface area contributed by atoms with E-state index in [1.165, 1.54) is 0 Å². The molecule has 1 atom stereocenters. The zero-order chi connectivity index (χ0) is 25.5. The molecule has 0 saturated carbocycles. The molecule has 190 valence electrons. The van der Waals surface area contributed by atoms with Crippen LogP contribution in [0.15, 0.2) is 48.5 Å². The number of hydrogen-bond acceptors (Lipinski definition) is 5. The number of ether oxygens (including phenoxy) is 1. The minimum absolute atomic E-state index is 0.0707. The van der Waals surface area contributed by atoms with Gasteiger partial charge in [-0.2, -0.15) is 0 Å². The predicted molar refractivity (Wildman–Crippen MR) is 136 cm³/mol. The van der Waals surface area contributed by atoms with Crippen molar-refractivity contribution in [2.75, 3.05) is 43.1 Å². The number of morpholine rings is 1. The Morgan fingerprint density at radius 3 is 2.31 bits per heavy atom. The number of hydrogen-bond donors (Lipinski definition) is 2. The number of nitrogens with one attached hydrogen (secondary N) is 2. The van der Waals surface area contributed by atoms with Gasteiger partial charge in [0.05, 0.1) is 19.6 Å². The molecule has 2 aromatic rings. The molecule has 10 heteroatoms. The van der Waals surface area contributed by atoms with Crippen molar-refractivity contribution in [3.8, 4) is 0 Å². The third-order valence-electron chi connectivity index (χ3n) is 6.21. The highest BCUT2D eigenvalue weighted by molar-refractivity contribution is 6.30. The van der Waals surface area contributed by atoms with E-state index in [0.29, 0.717) is 55.5 Å². The predicted octanol–water partition coefficient (Wildman–Crippen LogP) is 2.84. The number of anilines is 2. The molecule has 2 aromatic carbocycles. The zero-order valence-corrected chi connectivity index (χ0v) is 20.6. The number of nitrogens with zero attached hydrogens (tertiary/aromatic N) is 2. The van der Waals surface area contributed by atoms with E-state index in [-0.39, 0.29) is 18.2 Å². The summed E-state index contributed by atoms with van der Waals surface area (Å²) < 4.78 is 5.32. The van der Waals surface area contributed by atoms with Gasteiger partial charge in [0.25, 0.3) is 5.91 Å². The summed E-state index contributed by atoms with van der Waals surface area (Å²) >= 11 is 5.90. The Balaban J connectivity index is 1.45. The number of benzene rings is 2. The van der Waals surface area contributed by atoms with Gasteiger partial charge in [0, 0.05) is 48.0 Å². The summed E-state index contributed by atoms with van der Waals surface area (Å²) in [6, 6.07) is 12.3. The molecule has 1 unspecified atom stereocenters. The summed E-state index contributed by atoms with van der Waals surface area (Å²) in [6.45, 7) is 2.24. The summed E-state index contributed by atoms with van der Waals surface area (Å²) in [5.41, 5.74) is 1.61. The minimum atomic E-state index is -1.05. The SMILES string of the molecule is O=C(CC(NC(=O)c1ccc(N2CCCCC2=O)cc1)C(=O)N1CCOCC1)Nc1ccc(Cl)cc1. The molecular weight excluding hydrogens is 484 g/mol. The van der Waals surface area contributed by atoms with Crippen molar-refractivity contribution in [3.05, 3.63) is 59.1 Å². The number of carbonyl (C=O) groups is 4. The lowest BCUT2D eigenvalue weighted by Crippen LogP contribution is -2.52. The molecule has 2 saturated heterocycles. The molecule has 9 nitrogen and oxygen atoms in total. The van der Waals surface area contributed by atoms with Gasteiger partial charge < -0.3 is 25.2 Å². The topological polar surface area (TPSA) is 108 Å². The van der Waals surface area contributed by atoms with Crippen molar-refractivity contribution in [2.45, 2.75) is 31.7 Å². The van der Waals surface area contributed by atoms with Crippen LogP contribution >= 0.6 is 11.6 Å². The maximum Gasteiger partial charge on any atom is 0.251 e. The number of carbonyl (C=O) groups excluding carboxylic acids is 4. The fraction of sp³-hybridized carbons (Fsp3) is 0.385. The van der Waals surface area contributed by atoms with E-state index in [9.17, 15) is 19.2 Å². The van der Waals surface area contributed by atoms with E-state index in [2.05, 4.69) is 10.6 Å². The second-order valence-corrected chi connectivity index (χ2v) is 9.21. The number of halogens is 1. The summed E-state index contributed by atoms with van der Waals surface area (Å²) in [5.74, 6) is -1.16. The molecule has 2 heterocycles. The van der Waals surface area contributed by atoms with E-state index in [1.54, 1.807) is 58.3 Å². The van der Waals surface area contributed by atoms with Crippen LogP contribution in [0, 0.1) is 0 Å². The maximum absolute atomic E-state index is 13.2. The highest BCUT2D eigenvalue weighted by atomic mass is 35.5. The van der Waals surface area contributed by atoms with Gasteiger partial charge in [-0.05, 0) is 61.4 Å². The van der Waals surface area contributed by atoms with Crippen molar-refractivity contribution in [2.24, 2.45) is 0 Å². The van der Waals surface area contributed by atoms with Gasteiger partial charge in [0.15, 0.2) is 0 Å². The Kier molecular flexibility index (Phi) is 8.56. The maximum atomic E-state index is 13.2. The lowest BCUT2D eigenvalue weighted by Gasteiger charge is -2.30. The van der Waals surface area contributed by atoms with Gasteiger partial charge >= 0.3 is 0 Å². The van der Waals surface area contributed by atoms with Crippen LogP contribution in [0.2, 0.25) is 5.02 Å². The van der Waals surface area contributed by atoms with Gasteiger partial charge in [0.2, 0.25) is 17.7 Å². The van der Waals surface area contributed by atoms with Crippen LogP contribution in [0.5, 0.6) is 0 Å². The van der Waals surface area contributed by atoms with Gasteiger partial charge in [-0.1, -0.05) is 11.6 Å². The largest absolute Gasteiger partial charge is 0.378 e. The molecule has 36 heavy (non-hydrogen) atoms.